The van der Waals surface area contributed by atoms with Crippen LogP contribution in [0.5, 0.6) is 0 Å². The average molecular weight is 216 g/mol. The Morgan fingerprint density at radius 1 is 0.857 bits per heavy atom. The van der Waals surface area contributed by atoms with Gasteiger partial charge in [-0.25, -0.2) is 0 Å². The molecule has 0 N–H and O–H groups in total. The summed E-state index contributed by atoms with van der Waals surface area (Å²) in [5.74, 6) is 0. The average Bonchev–Trinajstić information content (AvgIpc) is 2.85. The topological polar surface area (TPSA) is 0 Å². The van der Waals surface area contributed by atoms with Crippen molar-refractivity contribution in [2.45, 2.75) is 4.90 Å². The minimum Gasteiger partial charge on any atom is -0.0616 e. The zero-order valence-corrected chi connectivity index (χ0v) is 9.07. The predicted octanol–water partition coefficient (Wildman–Crippen LogP) is 4.28. The Hall–Kier alpha value is -0.860. The molecule has 1 aliphatic heterocycles. The summed E-state index contributed by atoms with van der Waals surface area (Å²) in [5, 5.41) is 0. The molecule has 0 bridgehead atoms. The van der Waals surface area contributed by atoms with Gasteiger partial charge < -0.3 is 0 Å². The van der Waals surface area contributed by atoms with Crippen molar-refractivity contribution in [3.8, 4) is 0 Å². The Balaban J connectivity index is 2.19. The largest absolute Gasteiger partial charge is 0.0616 e. The number of fused-ring (bicyclic) bond motifs is 1. The lowest BCUT2D eigenvalue weighted by atomic mass is 10.1. The fourth-order valence-corrected chi connectivity index (χ4v) is 4.23. The highest BCUT2D eigenvalue weighted by atomic mass is 33.1. The van der Waals surface area contributed by atoms with E-state index in [9.17, 15) is 0 Å². The van der Waals surface area contributed by atoms with E-state index in [1.807, 2.05) is 21.6 Å². The molecule has 0 saturated heterocycles. The van der Waals surface area contributed by atoms with Gasteiger partial charge in [0.2, 0.25) is 0 Å². The van der Waals surface area contributed by atoms with Gasteiger partial charge in [-0.15, -0.1) is 0 Å². The van der Waals surface area contributed by atoms with Crippen LogP contribution in [-0.4, -0.2) is 0 Å². The van der Waals surface area contributed by atoms with Crippen LogP contribution in [0, 0.1) is 0 Å². The summed E-state index contributed by atoms with van der Waals surface area (Å²) in [7, 11) is 3.72. The first-order valence-corrected chi connectivity index (χ1v) is 6.63. The normalized spacial score (nSPS) is 18.0. The highest BCUT2D eigenvalue weighted by Crippen LogP contribution is 2.54. The molecular weight excluding hydrogens is 208 g/mol. The predicted molar refractivity (Wildman–Crippen MR) is 65.1 cm³/mol. The van der Waals surface area contributed by atoms with E-state index in [0.717, 1.165) is 0 Å². The summed E-state index contributed by atoms with van der Waals surface area (Å²) in [4.78, 5) is 2.78. The molecule has 0 aromatic heterocycles. The molecule has 14 heavy (non-hydrogen) atoms. The van der Waals surface area contributed by atoms with E-state index in [-0.39, 0.29) is 0 Å². The molecule has 68 valence electrons. The van der Waals surface area contributed by atoms with Crippen molar-refractivity contribution in [3.05, 3.63) is 59.7 Å². The van der Waals surface area contributed by atoms with Crippen LogP contribution in [0.3, 0.4) is 0 Å². The molecule has 1 aromatic rings. The molecule has 1 aliphatic carbocycles. The number of rotatable bonds is 0. The van der Waals surface area contributed by atoms with Crippen molar-refractivity contribution in [2.24, 2.45) is 0 Å². The Morgan fingerprint density at radius 3 is 2.50 bits per heavy atom. The molecule has 3 rings (SSSR count). The van der Waals surface area contributed by atoms with Gasteiger partial charge in [0, 0.05) is 15.4 Å². The molecule has 0 radical (unpaired) electrons. The van der Waals surface area contributed by atoms with E-state index in [4.69, 9.17) is 0 Å². The Kier molecular flexibility index (Phi) is 2.03. The Morgan fingerprint density at radius 2 is 1.64 bits per heavy atom. The maximum atomic E-state index is 2.20. The molecule has 0 fully saturated rings. The van der Waals surface area contributed by atoms with Crippen molar-refractivity contribution in [1.29, 1.82) is 0 Å². The molecule has 0 atom stereocenters. The van der Waals surface area contributed by atoms with E-state index in [1.165, 1.54) is 20.9 Å². The Bertz CT molecular complexity index is 453. The van der Waals surface area contributed by atoms with E-state index in [0.29, 0.717) is 0 Å². The molecule has 2 heteroatoms. The monoisotopic (exact) mass is 216 g/mol. The summed E-state index contributed by atoms with van der Waals surface area (Å²) >= 11 is 0. The fourth-order valence-electron chi connectivity index (χ4n) is 1.59. The lowest BCUT2D eigenvalue weighted by Gasteiger charge is -1.99. The van der Waals surface area contributed by atoms with E-state index >= 15 is 0 Å². The van der Waals surface area contributed by atoms with Crippen molar-refractivity contribution in [2.75, 3.05) is 0 Å². The molecule has 0 amide bonds. The summed E-state index contributed by atoms with van der Waals surface area (Å²) in [6.45, 7) is 0. The van der Waals surface area contributed by atoms with Gasteiger partial charge in [0.25, 0.3) is 0 Å². The van der Waals surface area contributed by atoms with E-state index in [1.54, 1.807) is 0 Å². The molecule has 1 aromatic carbocycles. The summed E-state index contributed by atoms with van der Waals surface area (Å²) in [6.07, 6.45) is 8.53. The minimum atomic E-state index is 1.34. The second-order valence-electron chi connectivity index (χ2n) is 3.17. The van der Waals surface area contributed by atoms with Gasteiger partial charge in [0.05, 0.1) is 0 Å². The number of benzene rings is 1. The lowest BCUT2D eigenvalue weighted by Crippen LogP contribution is -1.79. The van der Waals surface area contributed by atoms with Gasteiger partial charge in [-0.1, -0.05) is 64.1 Å². The van der Waals surface area contributed by atoms with Gasteiger partial charge in [0.1, 0.15) is 0 Å². The molecular formula is C12H8S2. The zero-order chi connectivity index (χ0) is 9.38. The van der Waals surface area contributed by atoms with Crippen LogP contribution in [0.25, 0.3) is 4.91 Å². The number of hydrogen-bond acceptors (Lipinski definition) is 2. The standard InChI is InChI=1S/C12H8S2/c1-2-6-9(5-1)12-10-7-3-4-8-11(10)13-14-12/h1-8H. The van der Waals surface area contributed by atoms with Gasteiger partial charge in [0.15, 0.2) is 0 Å². The molecule has 1 heterocycles. The fraction of sp³-hybridized carbons (Fsp3) is 0. The number of hydrogen-bond donors (Lipinski definition) is 0. The summed E-state index contributed by atoms with van der Waals surface area (Å²) in [5.41, 5.74) is 2.72. The van der Waals surface area contributed by atoms with Crippen LogP contribution in [-0.2, 0) is 0 Å². The van der Waals surface area contributed by atoms with Crippen molar-refractivity contribution >= 4 is 26.5 Å². The molecule has 0 unspecified atom stereocenters. The molecule has 0 spiro atoms. The van der Waals surface area contributed by atoms with E-state index in [2.05, 4.69) is 48.6 Å². The third-order valence-electron chi connectivity index (χ3n) is 2.27. The maximum Gasteiger partial charge on any atom is 0.0342 e. The SMILES string of the molecule is C1=CC(=C2SSc3ccccc32)C=C1. The van der Waals surface area contributed by atoms with Gasteiger partial charge in [-0.3, -0.25) is 0 Å². The first-order valence-electron chi connectivity index (χ1n) is 4.48. The maximum absolute atomic E-state index is 2.20. The zero-order valence-electron chi connectivity index (χ0n) is 7.44. The lowest BCUT2D eigenvalue weighted by molar-refractivity contribution is 1.43. The van der Waals surface area contributed by atoms with Crippen LogP contribution in [0.4, 0.5) is 0 Å². The molecule has 0 saturated carbocycles. The summed E-state index contributed by atoms with van der Waals surface area (Å²) in [6, 6.07) is 8.59. The quantitative estimate of drug-likeness (QED) is 0.594. The first kappa shape index (κ1) is 8.45. The molecule has 0 nitrogen and oxygen atoms in total. The second-order valence-corrected chi connectivity index (χ2v) is 5.35. The van der Waals surface area contributed by atoms with Crippen LogP contribution >= 0.6 is 21.6 Å². The van der Waals surface area contributed by atoms with Crippen molar-refractivity contribution in [1.82, 2.24) is 0 Å². The van der Waals surface area contributed by atoms with Gasteiger partial charge in [-0.2, -0.15) is 0 Å². The van der Waals surface area contributed by atoms with E-state index < -0.39 is 0 Å². The number of allylic oxidation sites excluding steroid dienone is 5. The highest BCUT2D eigenvalue weighted by molar-refractivity contribution is 8.80. The Labute approximate surface area is 91.2 Å². The van der Waals surface area contributed by atoms with Crippen LogP contribution < -0.4 is 0 Å². The first-order chi connectivity index (χ1) is 6.95. The van der Waals surface area contributed by atoms with Crippen LogP contribution in [0.2, 0.25) is 0 Å². The third kappa shape index (κ3) is 1.26. The summed E-state index contributed by atoms with van der Waals surface area (Å²) < 4.78 is 0. The van der Waals surface area contributed by atoms with Crippen molar-refractivity contribution in [3.63, 3.8) is 0 Å². The second kappa shape index (κ2) is 3.37. The van der Waals surface area contributed by atoms with Gasteiger partial charge >= 0.3 is 0 Å². The van der Waals surface area contributed by atoms with Crippen LogP contribution in [0.15, 0.2) is 59.0 Å². The highest BCUT2D eigenvalue weighted by Gasteiger charge is 2.19. The third-order valence-corrected chi connectivity index (χ3v) is 4.80. The minimum absolute atomic E-state index is 1.34. The smallest absolute Gasteiger partial charge is 0.0342 e. The van der Waals surface area contributed by atoms with Crippen LogP contribution in [0.1, 0.15) is 5.56 Å². The van der Waals surface area contributed by atoms with Gasteiger partial charge in [-0.05, 0) is 11.6 Å². The molecule has 2 aliphatic rings. The van der Waals surface area contributed by atoms with Crippen molar-refractivity contribution < 1.29 is 0 Å².